The van der Waals surface area contributed by atoms with Crippen molar-refractivity contribution in [2.75, 3.05) is 39.6 Å². The van der Waals surface area contributed by atoms with E-state index in [2.05, 4.69) is 55.4 Å². The number of phosphoric ester groups is 2. The van der Waals surface area contributed by atoms with Crippen molar-refractivity contribution in [3.05, 3.63) is 0 Å². The molecule has 0 aliphatic carbocycles. The first-order chi connectivity index (χ1) is 39.7. The summed E-state index contributed by atoms with van der Waals surface area (Å²) in [6, 6.07) is 0. The van der Waals surface area contributed by atoms with E-state index in [0.717, 1.165) is 108 Å². The summed E-state index contributed by atoms with van der Waals surface area (Å²) in [6.45, 7) is 13.9. The molecular formula is C64H124O17P2. The molecular weight excluding hydrogens is 1100 g/mol. The van der Waals surface area contributed by atoms with Gasteiger partial charge in [-0.05, 0) is 49.4 Å². The van der Waals surface area contributed by atoms with Gasteiger partial charge in [0, 0.05) is 25.7 Å². The molecule has 0 rings (SSSR count). The van der Waals surface area contributed by atoms with Crippen LogP contribution in [0.15, 0.2) is 0 Å². The molecule has 0 aliphatic heterocycles. The van der Waals surface area contributed by atoms with Gasteiger partial charge < -0.3 is 33.8 Å². The van der Waals surface area contributed by atoms with Gasteiger partial charge in [-0.2, -0.15) is 0 Å². The minimum atomic E-state index is -4.95. The van der Waals surface area contributed by atoms with Crippen molar-refractivity contribution in [3.8, 4) is 0 Å². The topological polar surface area (TPSA) is 237 Å². The Balaban J connectivity index is 5.26. The maximum atomic E-state index is 13.0. The fourth-order valence-electron chi connectivity index (χ4n) is 9.36. The standard InChI is InChI=1S/C64H124O17P2/c1-9-56(7)42-34-26-17-11-13-19-28-36-44-61(66)74-50-59(80-63(68)46-38-30-20-14-12-18-27-35-43-57(8)10-2)52-78-82(70,71)76-48-58(65)49-77-83(72,73)79-53-60(51-75-62(67)45-37-29-23-22-25-33-41-55(5)6)81-64(69)47-39-31-21-15-16-24-32-40-54(3)4/h54-60,65H,9-53H2,1-8H3,(H,70,71)(H,72,73)/t56?,57?,58-,59-,60-/m1/s1. The zero-order valence-corrected chi connectivity index (χ0v) is 55.6. The number of rotatable bonds is 61. The summed E-state index contributed by atoms with van der Waals surface area (Å²) >= 11 is 0. The van der Waals surface area contributed by atoms with Gasteiger partial charge in [-0.1, -0.05) is 254 Å². The number of aliphatic hydroxyl groups is 1. The largest absolute Gasteiger partial charge is 0.472 e. The Hall–Kier alpha value is -1.94. The van der Waals surface area contributed by atoms with Crippen LogP contribution < -0.4 is 0 Å². The first kappa shape index (κ1) is 81.1. The normalized spacial score (nSPS) is 15.1. The van der Waals surface area contributed by atoms with Crippen LogP contribution in [-0.2, 0) is 65.4 Å². The third-order valence-corrected chi connectivity index (χ3v) is 17.2. The van der Waals surface area contributed by atoms with Gasteiger partial charge in [0.05, 0.1) is 26.4 Å². The number of hydrogen-bond acceptors (Lipinski definition) is 15. The molecule has 0 fully saturated rings. The van der Waals surface area contributed by atoms with E-state index >= 15 is 0 Å². The molecule has 0 aliphatic rings. The second-order valence-electron chi connectivity index (χ2n) is 24.6. The molecule has 0 spiro atoms. The highest BCUT2D eigenvalue weighted by Crippen LogP contribution is 2.45. The first-order valence-electron chi connectivity index (χ1n) is 33.3. The van der Waals surface area contributed by atoms with Gasteiger partial charge in [-0.3, -0.25) is 37.3 Å². The minimum Gasteiger partial charge on any atom is -0.462 e. The third kappa shape index (κ3) is 56.3. The fourth-order valence-corrected chi connectivity index (χ4v) is 10.9. The van der Waals surface area contributed by atoms with Crippen molar-refractivity contribution in [1.29, 1.82) is 0 Å². The van der Waals surface area contributed by atoms with E-state index in [1.54, 1.807) is 0 Å². The van der Waals surface area contributed by atoms with E-state index < -0.39 is 97.5 Å². The molecule has 0 radical (unpaired) electrons. The summed E-state index contributed by atoms with van der Waals surface area (Å²) in [5.74, 6) is 0.779. The van der Waals surface area contributed by atoms with Crippen molar-refractivity contribution < 1.29 is 80.2 Å². The maximum Gasteiger partial charge on any atom is 0.472 e. The van der Waals surface area contributed by atoms with Gasteiger partial charge in [0.2, 0.25) is 0 Å². The quantitative estimate of drug-likeness (QED) is 0.0222. The van der Waals surface area contributed by atoms with Gasteiger partial charge in [0.25, 0.3) is 0 Å². The number of carbonyl (C=O) groups is 4. The Morgan fingerprint density at radius 3 is 0.855 bits per heavy atom. The average Bonchev–Trinajstić information content (AvgIpc) is 3.44. The molecule has 3 N–H and O–H groups in total. The van der Waals surface area contributed by atoms with Crippen molar-refractivity contribution in [2.45, 2.75) is 324 Å². The number of aliphatic hydroxyl groups excluding tert-OH is 1. The Bertz CT molecular complexity index is 1670. The summed E-state index contributed by atoms with van der Waals surface area (Å²) in [5, 5.41) is 10.5. The number of phosphoric acid groups is 2. The summed E-state index contributed by atoms with van der Waals surface area (Å²) in [4.78, 5) is 72.2. The number of unbranched alkanes of at least 4 members (excludes halogenated alkanes) is 25. The Labute approximate surface area is 505 Å². The molecule has 4 unspecified atom stereocenters. The highest BCUT2D eigenvalue weighted by molar-refractivity contribution is 7.47. The molecule has 0 aromatic carbocycles. The van der Waals surface area contributed by atoms with Crippen molar-refractivity contribution >= 4 is 39.5 Å². The smallest absolute Gasteiger partial charge is 0.462 e. The van der Waals surface area contributed by atoms with Crippen LogP contribution in [0.4, 0.5) is 0 Å². The highest BCUT2D eigenvalue weighted by Gasteiger charge is 2.30. The maximum absolute atomic E-state index is 13.0. The van der Waals surface area contributed by atoms with Gasteiger partial charge in [-0.15, -0.1) is 0 Å². The molecule has 0 saturated carbocycles. The summed E-state index contributed by atoms with van der Waals surface area (Å²) < 4.78 is 68.0. The fraction of sp³-hybridized carbons (Fsp3) is 0.938. The zero-order chi connectivity index (χ0) is 61.8. The summed E-state index contributed by atoms with van der Waals surface area (Å²) in [7, 11) is -9.89. The molecule has 17 nitrogen and oxygen atoms in total. The lowest BCUT2D eigenvalue weighted by molar-refractivity contribution is -0.161. The average molecular weight is 1230 g/mol. The molecule has 7 atom stereocenters. The highest BCUT2D eigenvalue weighted by atomic mass is 31.2. The van der Waals surface area contributed by atoms with Crippen LogP contribution in [0.25, 0.3) is 0 Å². The van der Waals surface area contributed by atoms with Crippen LogP contribution in [0.2, 0.25) is 0 Å². The molecule has 0 aromatic heterocycles. The lowest BCUT2D eigenvalue weighted by Crippen LogP contribution is -2.30. The Kier molecular flexibility index (Phi) is 53.0. The summed E-state index contributed by atoms with van der Waals surface area (Å²) in [6.07, 6.45) is 33.6. The second kappa shape index (κ2) is 54.2. The molecule has 0 heterocycles. The third-order valence-electron chi connectivity index (χ3n) is 15.3. The first-order valence-corrected chi connectivity index (χ1v) is 36.3. The van der Waals surface area contributed by atoms with Crippen LogP contribution in [0.5, 0.6) is 0 Å². The molecule has 19 heteroatoms. The predicted octanol–water partition coefficient (Wildman–Crippen LogP) is 17.4. The van der Waals surface area contributed by atoms with E-state index in [1.807, 2.05) is 0 Å². The van der Waals surface area contributed by atoms with Gasteiger partial charge in [-0.25, -0.2) is 9.13 Å². The molecule has 0 aromatic rings. The number of ether oxygens (including phenoxy) is 4. The molecule has 83 heavy (non-hydrogen) atoms. The second-order valence-corrected chi connectivity index (χ2v) is 27.5. The van der Waals surface area contributed by atoms with Crippen LogP contribution in [-0.4, -0.2) is 96.7 Å². The van der Waals surface area contributed by atoms with E-state index in [9.17, 15) is 43.2 Å². The number of esters is 4. The number of carbonyl (C=O) groups excluding carboxylic acids is 4. The summed E-state index contributed by atoms with van der Waals surface area (Å²) in [5.41, 5.74) is 0. The van der Waals surface area contributed by atoms with E-state index in [0.29, 0.717) is 37.5 Å². The van der Waals surface area contributed by atoms with E-state index in [-0.39, 0.29) is 25.7 Å². The monoisotopic (exact) mass is 1230 g/mol. The lowest BCUT2D eigenvalue weighted by Gasteiger charge is -2.21. The van der Waals surface area contributed by atoms with Crippen molar-refractivity contribution in [1.82, 2.24) is 0 Å². The Morgan fingerprint density at radius 1 is 0.337 bits per heavy atom. The van der Waals surface area contributed by atoms with E-state index in [4.69, 9.17) is 37.0 Å². The van der Waals surface area contributed by atoms with Crippen LogP contribution >= 0.6 is 15.6 Å². The molecule has 492 valence electrons. The van der Waals surface area contributed by atoms with Crippen LogP contribution in [0.1, 0.15) is 306 Å². The van der Waals surface area contributed by atoms with Crippen LogP contribution in [0, 0.1) is 23.7 Å². The predicted molar refractivity (Wildman–Crippen MR) is 331 cm³/mol. The van der Waals surface area contributed by atoms with Crippen molar-refractivity contribution in [3.63, 3.8) is 0 Å². The SMILES string of the molecule is CCC(C)CCCCCCCCCCC(=O)OC[C@H](COP(=O)(O)OC[C@@H](O)COP(=O)(O)OC[C@@H](COC(=O)CCCCCCCCC(C)C)OC(=O)CCCCCCCCCC(C)C)OC(=O)CCCCCCCCCCC(C)CC. The van der Waals surface area contributed by atoms with Gasteiger partial charge in [0.15, 0.2) is 12.2 Å². The molecule has 0 amide bonds. The van der Waals surface area contributed by atoms with Gasteiger partial charge in [0.1, 0.15) is 19.3 Å². The zero-order valence-electron chi connectivity index (χ0n) is 53.8. The Morgan fingerprint density at radius 2 is 0.578 bits per heavy atom. The lowest BCUT2D eigenvalue weighted by atomic mass is 9.99. The minimum absolute atomic E-state index is 0.102. The van der Waals surface area contributed by atoms with Gasteiger partial charge >= 0.3 is 39.5 Å². The molecule has 0 saturated heterocycles. The van der Waals surface area contributed by atoms with Crippen LogP contribution in [0.3, 0.4) is 0 Å². The van der Waals surface area contributed by atoms with E-state index in [1.165, 1.54) is 103 Å². The van der Waals surface area contributed by atoms with Crippen molar-refractivity contribution in [2.24, 2.45) is 23.7 Å². The molecule has 0 bridgehead atoms. The number of hydrogen-bond donors (Lipinski definition) is 3.